The van der Waals surface area contributed by atoms with E-state index in [0.29, 0.717) is 5.56 Å². The van der Waals surface area contributed by atoms with Crippen LogP contribution < -0.4 is 4.18 Å². The number of ether oxygens (including phenoxy) is 1. The molecule has 1 saturated heterocycles. The van der Waals surface area contributed by atoms with E-state index >= 15 is 0 Å². The van der Waals surface area contributed by atoms with Gasteiger partial charge < -0.3 is 8.92 Å². The van der Waals surface area contributed by atoms with Crippen molar-refractivity contribution in [2.45, 2.75) is 18.3 Å². The van der Waals surface area contributed by atoms with Crippen LogP contribution >= 0.6 is 11.8 Å². The van der Waals surface area contributed by atoms with E-state index in [9.17, 15) is 38.2 Å². The number of nitrogens with zero attached hydrogens (tertiary/aromatic N) is 4. The van der Waals surface area contributed by atoms with Crippen LogP contribution in [-0.2, 0) is 24.4 Å². The molecular weight excluding hydrogens is 544 g/mol. The van der Waals surface area contributed by atoms with Gasteiger partial charge in [0.2, 0.25) is 0 Å². The summed E-state index contributed by atoms with van der Waals surface area (Å²) in [5.41, 5.74) is 0.243. The predicted octanol–water partition coefficient (Wildman–Crippen LogP) is 2.39. The van der Waals surface area contributed by atoms with Gasteiger partial charge >= 0.3 is 16.1 Å². The third kappa shape index (κ3) is 5.50. The van der Waals surface area contributed by atoms with Crippen LogP contribution in [0.3, 0.4) is 0 Å². The van der Waals surface area contributed by atoms with Crippen LogP contribution in [0.15, 0.2) is 64.1 Å². The van der Waals surface area contributed by atoms with Gasteiger partial charge in [0, 0.05) is 48.7 Å². The first kappa shape index (κ1) is 26.7. The van der Waals surface area contributed by atoms with Gasteiger partial charge in [-0.25, -0.2) is 0 Å². The van der Waals surface area contributed by atoms with Gasteiger partial charge in [0.05, 0.1) is 9.85 Å². The van der Waals surface area contributed by atoms with Crippen LogP contribution in [0.5, 0.6) is 5.75 Å². The molecule has 0 aromatic heterocycles. The summed E-state index contributed by atoms with van der Waals surface area (Å²) in [6.45, 7) is 0.756. The lowest BCUT2D eigenvalue weighted by Gasteiger charge is -2.47. The van der Waals surface area contributed by atoms with Gasteiger partial charge in [0.15, 0.2) is 11.1 Å². The minimum atomic E-state index is -4.64. The molecular formula is C22H18N4O10S2. The highest BCUT2D eigenvalue weighted by Gasteiger charge is 2.55. The van der Waals surface area contributed by atoms with Crippen LogP contribution in [0, 0.1) is 20.2 Å². The number of hydrogen-bond acceptors (Lipinski definition) is 12. The molecule has 0 unspecified atom stereocenters. The largest absolute Gasteiger partial charge is 0.461 e. The van der Waals surface area contributed by atoms with Crippen molar-refractivity contribution in [3.8, 4) is 5.75 Å². The number of non-ortho nitro benzene ring substituents is 2. The Balaban J connectivity index is 1.60. The van der Waals surface area contributed by atoms with Crippen LogP contribution in [0.1, 0.15) is 12.5 Å². The molecule has 2 heterocycles. The number of nitro groups is 2. The van der Waals surface area contributed by atoms with Crippen molar-refractivity contribution in [3.05, 3.63) is 84.9 Å². The lowest BCUT2D eigenvalue weighted by molar-refractivity contribution is -0.385. The lowest BCUT2D eigenvalue weighted by Crippen LogP contribution is -2.64. The first-order valence-electron chi connectivity index (χ1n) is 10.7. The van der Waals surface area contributed by atoms with E-state index in [2.05, 4.69) is 4.99 Å². The van der Waals surface area contributed by atoms with E-state index in [-0.39, 0.29) is 28.5 Å². The summed E-state index contributed by atoms with van der Waals surface area (Å²) in [4.78, 5) is 50.1. The Morgan fingerprint density at radius 1 is 1.11 bits per heavy atom. The Hall–Kier alpha value is -4.31. The van der Waals surface area contributed by atoms with E-state index in [1.54, 1.807) is 0 Å². The van der Waals surface area contributed by atoms with Gasteiger partial charge in [-0.2, -0.15) is 8.42 Å². The predicted molar refractivity (Wildman–Crippen MR) is 134 cm³/mol. The number of hydrogen-bond donors (Lipinski definition) is 0. The van der Waals surface area contributed by atoms with Crippen LogP contribution in [0.2, 0.25) is 0 Å². The average Bonchev–Trinajstić information content (AvgIpc) is 2.87. The zero-order chi connectivity index (χ0) is 27.6. The highest BCUT2D eigenvalue weighted by molar-refractivity contribution is 8.00. The molecule has 4 rings (SSSR count). The minimum Gasteiger partial charge on any atom is -0.461 e. The van der Waals surface area contributed by atoms with Gasteiger partial charge in [-0.1, -0.05) is 0 Å². The Kier molecular flexibility index (Phi) is 7.45. The first-order chi connectivity index (χ1) is 18.0. The van der Waals surface area contributed by atoms with Gasteiger partial charge in [-0.15, -0.1) is 11.8 Å². The summed E-state index contributed by atoms with van der Waals surface area (Å²) in [7, 11) is -4.64. The highest BCUT2D eigenvalue weighted by atomic mass is 32.2. The van der Waals surface area contributed by atoms with Crippen molar-refractivity contribution in [2.24, 2.45) is 4.99 Å². The standard InChI is InChI=1S/C22H18N4O10S2/c1-13(27)35-11-15-12-37-21-19(23-10-14-2-4-16(5-3-14)25(29)30)20(28)24(21)22(15)38(33,34)36-18-8-6-17(7-9-18)26(31)32/h2-10,19,21H,11-12H2,1H3/t19-,21+/m1/s1. The Morgan fingerprint density at radius 2 is 1.68 bits per heavy atom. The zero-order valence-electron chi connectivity index (χ0n) is 19.5. The first-order valence-corrected chi connectivity index (χ1v) is 13.2. The number of β-lactam (4-membered cyclic amide) rings is 1. The molecule has 1 amide bonds. The minimum absolute atomic E-state index is 0.0868. The molecule has 0 bridgehead atoms. The summed E-state index contributed by atoms with van der Waals surface area (Å²) >= 11 is 1.22. The van der Waals surface area contributed by atoms with Crippen LogP contribution in [0.4, 0.5) is 11.4 Å². The smallest absolute Gasteiger partial charge is 0.355 e. The number of benzene rings is 2. The van der Waals surface area contributed by atoms with E-state index in [4.69, 9.17) is 8.92 Å². The van der Waals surface area contributed by atoms with Gasteiger partial charge in [-0.3, -0.25) is 39.7 Å². The molecule has 198 valence electrons. The third-order valence-electron chi connectivity index (χ3n) is 5.39. The normalized spacial score (nSPS) is 19.1. The highest BCUT2D eigenvalue weighted by Crippen LogP contribution is 2.44. The number of carbonyl (C=O) groups is 2. The molecule has 0 aliphatic carbocycles. The topological polar surface area (TPSA) is 189 Å². The molecule has 2 aliphatic heterocycles. The van der Waals surface area contributed by atoms with Crippen LogP contribution in [0.25, 0.3) is 0 Å². The zero-order valence-corrected chi connectivity index (χ0v) is 21.1. The van der Waals surface area contributed by atoms with E-state index in [1.165, 1.54) is 42.2 Å². The van der Waals surface area contributed by atoms with E-state index in [0.717, 1.165) is 36.1 Å². The van der Waals surface area contributed by atoms with Crippen LogP contribution in [-0.4, -0.2) is 65.0 Å². The van der Waals surface area contributed by atoms with Gasteiger partial charge in [-0.05, 0) is 29.8 Å². The lowest BCUT2D eigenvalue weighted by atomic mass is 10.1. The maximum atomic E-state index is 13.3. The average molecular weight is 563 g/mol. The third-order valence-corrected chi connectivity index (χ3v) is 8.09. The fraction of sp³-hybridized carbons (Fsp3) is 0.227. The van der Waals surface area contributed by atoms with Crippen molar-refractivity contribution in [1.82, 2.24) is 4.90 Å². The number of carbonyl (C=O) groups excluding carboxylic acids is 2. The number of aliphatic imine (C=N–C) groups is 1. The van der Waals surface area contributed by atoms with Crippen molar-refractivity contribution < 1.29 is 36.8 Å². The van der Waals surface area contributed by atoms with E-state index in [1.807, 2.05) is 0 Å². The van der Waals surface area contributed by atoms with E-state index < -0.39 is 54.9 Å². The monoisotopic (exact) mass is 562 g/mol. The van der Waals surface area contributed by atoms with Crippen molar-refractivity contribution in [2.75, 3.05) is 12.4 Å². The fourth-order valence-corrected chi connectivity index (χ4v) is 6.46. The second-order valence-corrected chi connectivity index (χ2v) is 10.5. The number of nitro benzene ring substituents is 2. The maximum Gasteiger partial charge on any atom is 0.355 e. The molecule has 2 aromatic rings. The molecule has 0 radical (unpaired) electrons. The van der Waals surface area contributed by atoms with Crippen molar-refractivity contribution in [1.29, 1.82) is 0 Å². The number of amides is 1. The molecule has 0 spiro atoms. The maximum absolute atomic E-state index is 13.3. The molecule has 1 fully saturated rings. The van der Waals surface area contributed by atoms with Gasteiger partial charge in [0.25, 0.3) is 17.3 Å². The number of fused-ring (bicyclic) bond motifs is 1. The quantitative estimate of drug-likeness (QED) is 0.109. The molecule has 38 heavy (non-hydrogen) atoms. The molecule has 0 saturated carbocycles. The molecule has 0 N–H and O–H groups in total. The fourth-order valence-electron chi connectivity index (χ4n) is 3.61. The second-order valence-electron chi connectivity index (χ2n) is 7.96. The molecule has 2 aliphatic rings. The Bertz CT molecular complexity index is 1470. The summed E-state index contributed by atoms with van der Waals surface area (Å²) in [5, 5.41) is 20.5. The summed E-state index contributed by atoms with van der Waals surface area (Å²) in [5.74, 6) is -1.43. The Morgan fingerprint density at radius 3 is 2.24 bits per heavy atom. The molecule has 2 aromatic carbocycles. The molecule has 14 nitrogen and oxygen atoms in total. The summed E-state index contributed by atoms with van der Waals surface area (Å²) in [6, 6.07) is 8.90. The molecule has 16 heteroatoms. The van der Waals surface area contributed by atoms with Crippen molar-refractivity contribution >= 4 is 51.3 Å². The number of thioether (sulfide) groups is 1. The summed E-state index contributed by atoms with van der Waals surface area (Å²) < 4.78 is 36.7. The molecule has 2 atom stereocenters. The van der Waals surface area contributed by atoms with Crippen molar-refractivity contribution in [3.63, 3.8) is 0 Å². The number of rotatable bonds is 9. The SMILES string of the molecule is CC(=O)OCC1=C(S(=O)(=O)Oc2ccc([N+](=O)[O-])cc2)N2C(=O)[C@@H](N=Cc3ccc([N+](=O)[O-])cc3)[C@@H]2SC1. The van der Waals surface area contributed by atoms with Gasteiger partial charge in [0.1, 0.15) is 17.7 Å². The summed E-state index contributed by atoms with van der Waals surface area (Å²) in [6.07, 6.45) is 1.36. The Labute approximate surface area is 219 Å². The second kappa shape index (κ2) is 10.6. The number of esters is 1.